The summed E-state index contributed by atoms with van der Waals surface area (Å²) < 4.78 is 36.2. The lowest BCUT2D eigenvalue weighted by atomic mass is 10.0. The van der Waals surface area contributed by atoms with Crippen molar-refractivity contribution in [1.29, 1.82) is 0 Å². The Kier molecular flexibility index (Phi) is 12.0. The second-order valence-corrected chi connectivity index (χ2v) is 12.0. The van der Waals surface area contributed by atoms with E-state index in [9.17, 15) is 9.59 Å². The molecule has 49 heavy (non-hydrogen) atoms. The van der Waals surface area contributed by atoms with Gasteiger partial charge in [-0.2, -0.15) is 5.10 Å². The van der Waals surface area contributed by atoms with Crippen LogP contribution in [0.25, 0.3) is 22.2 Å². The maximum absolute atomic E-state index is 12.8. The van der Waals surface area contributed by atoms with Gasteiger partial charge >= 0.3 is 12.1 Å². The van der Waals surface area contributed by atoms with Gasteiger partial charge in [0.05, 0.1) is 38.0 Å². The number of nitrogens with one attached hydrogen (secondary N) is 1. The molecule has 1 unspecified atom stereocenters. The smallest absolute Gasteiger partial charge is 0.407 e. The minimum Gasteiger partial charge on any atom is -0.494 e. The second kappa shape index (κ2) is 17.1. The van der Waals surface area contributed by atoms with E-state index in [-0.39, 0.29) is 12.8 Å². The van der Waals surface area contributed by atoms with E-state index in [1.54, 1.807) is 12.1 Å². The molecule has 4 aromatic rings. The van der Waals surface area contributed by atoms with Gasteiger partial charge in [-0.05, 0) is 67.6 Å². The third-order valence-electron chi connectivity index (χ3n) is 8.56. The first-order valence-electron chi connectivity index (χ1n) is 17.0. The first kappa shape index (κ1) is 34.2. The number of rotatable bonds is 14. The quantitative estimate of drug-likeness (QED) is 0.134. The molecule has 0 spiro atoms. The van der Waals surface area contributed by atoms with Gasteiger partial charge in [-0.3, -0.25) is 4.90 Å². The Morgan fingerprint density at radius 2 is 1.78 bits per heavy atom. The van der Waals surface area contributed by atoms with E-state index in [0.717, 1.165) is 74.1 Å². The average molecular weight is 673 g/mol. The standard InChI is InChI=1S/C37H44N4O8/c1-44-36(42)29-22-28(23-31(24-29)47-21-16-40-14-19-45-20-15-40)35-32-25-30(11-12-33(32)41(39-35)34-10-5-6-17-48-34)46-18-7-13-38-37(43)49-26-27-8-3-2-4-9-27/h2-4,8-9,11-12,22-25,34H,5-7,10,13-21,26H2,1H3,(H,38,43). The molecule has 1 atom stereocenters. The van der Waals surface area contributed by atoms with Crippen molar-refractivity contribution in [2.75, 3.05) is 66.3 Å². The molecule has 0 aliphatic carbocycles. The van der Waals surface area contributed by atoms with E-state index in [4.69, 9.17) is 33.5 Å². The maximum atomic E-state index is 12.8. The number of aromatic nitrogens is 2. The molecular weight excluding hydrogens is 628 g/mol. The van der Waals surface area contributed by atoms with E-state index in [2.05, 4.69) is 10.2 Å². The van der Waals surface area contributed by atoms with Crippen molar-refractivity contribution in [3.8, 4) is 22.8 Å². The van der Waals surface area contributed by atoms with Gasteiger partial charge in [0, 0.05) is 43.7 Å². The van der Waals surface area contributed by atoms with Crippen LogP contribution in [0.4, 0.5) is 4.79 Å². The van der Waals surface area contributed by atoms with Crippen molar-refractivity contribution in [3.63, 3.8) is 0 Å². The Labute approximate surface area is 286 Å². The molecule has 12 nitrogen and oxygen atoms in total. The summed E-state index contributed by atoms with van der Waals surface area (Å²) in [6.07, 6.45) is 2.85. The maximum Gasteiger partial charge on any atom is 0.407 e. The Morgan fingerprint density at radius 1 is 0.939 bits per heavy atom. The van der Waals surface area contributed by atoms with Crippen molar-refractivity contribution >= 4 is 23.0 Å². The molecule has 0 bridgehead atoms. The van der Waals surface area contributed by atoms with Crippen LogP contribution in [0.3, 0.4) is 0 Å². The SMILES string of the molecule is COC(=O)c1cc(OCCN2CCOCC2)cc(-c2nn(C3CCCCO3)c3ccc(OCCCNC(=O)OCc4ccccc4)cc23)c1. The number of carbonyl (C=O) groups is 2. The predicted octanol–water partition coefficient (Wildman–Crippen LogP) is 5.60. The van der Waals surface area contributed by atoms with Gasteiger partial charge in [0.15, 0.2) is 6.23 Å². The number of alkyl carbamates (subject to hydrolysis) is 1. The highest BCUT2D eigenvalue weighted by atomic mass is 16.5. The Morgan fingerprint density at radius 3 is 2.57 bits per heavy atom. The number of fused-ring (bicyclic) bond motifs is 1. The fourth-order valence-electron chi connectivity index (χ4n) is 5.96. The van der Waals surface area contributed by atoms with Gasteiger partial charge in [-0.1, -0.05) is 30.3 Å². The van der Waals surface area contributed by atoms with Gasteiger partial charge in [0.2, 0.25) is 0 Å². The molecule has 12 heteroatoms. The summed E-state index contributed by atoms with van der Waals surface area (Å²) in [5.41, 5.74) is 3.61. The highest BCUT2D eigenvalue weighted by Gasteiger charge is 2.23. The average Bonchev–Trinajstić information content (AvgIpc) is 3.53. The van der Waals surface area contributed by atoms with E-state index < -0.39 is 12.1 Å². The molecule has 2 saturated heterocycles. The molecule has 1 N–H and O–H groups in total. The van der Waals surface area contributed by atoms with Crippen LogP contribution in [-0.4, -0.2) is 93.1 Å². The van der Waals surface area contributed by atoms with Crippen molar-refractivity contribution in [1.82, 2.24) is 20.0 Å². The zero-order chi connectivity index (χ0) is 33.8. The topological polar surface area (TPSA) is 123 Å². The molecule has 2 aliphatic rings. The number of carbonyl (C=O) groups excluding carboxylic acids is 2. The number of hydrogen-bond acceptors (Lipinski definition) is 10. The number of morpholine rings is 1. The van der Waals surface area contributed by atoms with E-state index in [1.165, 1.54) is 7.11 Å². The summed E-state index contributed by atoms with van der Waals surface area (Å²) >= 11 is 0. The van der Waals surface area contributed by atoms with Gasteiger partial charge in [0.25, 0.3) is 0 Å². The number of hydrogen-bond donors (Lipinski definition) is 1. The van der Waals surface area contributed by atoms with Crippen LogP contribution in [0.15, 0.2) is 66.7 Å². The zero-order valence-corrected chi connectivity index (χ0v) is 27.9. The third-order valence-corrected chi connectivity index (χ3v) is 8.56. The van der Waals surface area contributed by atoms with Crippen LogP contribution in [-0.2, 0) is 25.6 Å². The first-order chi connectivity index (χ1) is 24.1. The lowest BCUT2D eigenvalue weighted by Gasteiger charge is -2.26. The van der Waals surface area contributed by atoms with Crippen LogP contribution >= 0.6 is 0 Å². The number of amides is 1. The van der Waals surface area contributed by atoms with Gasteiger partial charge in [-0.15, -0.1) is 0 Å². The number of methoxy groups -OCH3 is 1. The normalized spacial score (nSPS) is 16.6. The second-order valence-electron chi connectivity index (χ2n) is 12.0. The molecule has 3 heterocycles. The fraction of sp³-hybridized carbons (Fsp3) is 0.432. The molecule has 260 valence electrons. The van der Waals surface area contributed by atoms with E-state index >= 15 is 0 Å². The molecule has 0 saturated carbocycles. The van der Waals surface area contributed by atoms with Crippen molar-refractivity contribution in [3.05, 3.63) is 77.9 Å². The molecule has 1 aromatic heterocycles. The summed E-state index contributed by atoms with van der Waals surface area (Å²) in [7, 11) is 1.37. The van der Waals surface area contributed by atoms with Gasteiger partial charge in [-0.25, -0.2) is 14.3 Å². The predicted molar refractivity (Wildman–Crippen MR) is 183 cm³/mol. The number of ether oxygens (including phenoxy) is 6. The minimum absolute atomic E-state index is 0.197. The fourth-order valence-corrected chi connectivity index (χ4v) is 5.96. The lowest BCUT2D eigenvalue weighted by molar-refractivity contribution is -0.0365. The van der Waals surface area contributed by atoms with Crippen LogP contribution in [0.5, 0.6) is 11.5 Å². The van der Waals surface area contributed by atoms with Crippen molar-refractivity contribution in [2.24, 2.45) is 0 Å². The monoisotopic (exact) mass is 672 g/mol. The van der Waals surface area contributed by atoms with Crippen LogP contribution in [0.1, 0.15) is 47.8 Å². The summed E-state index contributed by atoms with van der Waals surface area (Å²) in [4.78, 5) is 27.2. The molecule has 2 fully saturated rings. The lowest BCUT2D eigenvalue weighted by Crippen LogP contribution is -2.38. The summed E-state index contributed by atoms with van der Waals surface area (Å²) in [5, 5.41) is 8.69. The largest absolute Gasteiger partial charge is 0.494 e. The first-order valence-corrected chi connectivity index (χ1v) is 17.0. The van der Waals surface area contributed by atoms with Crippen molar-refractivity contribution < 1.29 is 38.0 Å². The Balaban J connectivity index is 1.17. The molecule has 6 rings (SSSR count). The van der Waals surface area contributed by atoms with E-state index in [1.807, 2.05) is 59.3 Å². The molecular formula is C37H44N4O8. The van der Waals surface area contributed by atoms with Gasteiger partial charge < -0.3 is 33.7 Å². The molecule has 3 aromatic carbocycles. The number of benzene rings is 3. The molecule has 2 aliphatic heterocycles. The Bertz CT molecular complexity index is 1680. The minimum atomic E-state index is -0.467. The number of nitrogens with zero attached hydrogens (tertiary/aromatic N) is 3. The highest BCUT2D eigenvalue weighted by Crippen LogP contribution is 2.36. The highest BCUT2D eigenvalue weighted by molar-refractivity contribution is 5.97. The zero-order valence-electron chi connectivity index (χ0n) is 27.9. The summed E-state index contributed by atoms with van der Waals surface area (Å²) in [6.45, 7) is 6.08. The summed E-state index contributed by atoms with van der Waals surface area (Å²) in [6, 6.07) is 20.8. The van der Waals surface area contributed by atoms with Gasteiger partial charge in [0.1, 0.15) is 30.4 Å². The van der Waals surface area contributed by atoms with Crippen LogP contribution in [0, 0.1) is 0 Å². The van der Waals surface area contributed by atoms with Crippen LogP contribution < -0.4 is 14.8 Å². The molecule has 0 radical (unpaired) electrons. The number of esters is 1. The molecule has 1 amide bonds. The van der Waals surface area contributed by atoms with Crippen LogP contribution in [0.2, 0.25) is 0 Å². The van der Waals surface area contributed by atoms with Crippen molar-refractivity contribution in [2.45, 2.75) is 38.5 Å². The third kappa shape index (κ3) is 9.28. The Hall–Kier alpha value is -4.65. The van der Waals surface area contributed by atoms with E-state index in [0.29, 0.717) is 55.5 Å². The summed E-state index contributed by atoms with van der Waals surface area (Å²) in [5.74, 6) is 0.765.